The number of amides is 3. The first-order valence-corrected chi connectivity index (χ1v) is 7.62. The Morgan fingerprint density at radius 2 is 2.09 bits per heavy atom. The molecule has 1 aromatic carbocycles. The summed E-state index contributed by atoms with van der Waals surface area (Å²) in [6.07, 6.45) is 4.42. The van der Waals surface area contributed by atoms with Crippen LogP contribution in [0.5, 0.6) is 0 Å². The number of likely N-dealkylation sites (N-methyl/N-ethyl adjacent to an activating group) is 1. The summed E-state index contributed by atoms with van der Waals surface area (Å²) in [6, 6.07) is 7.31. The highest BCUT2D eigenvalue weighted by molar-refractivity contribution is 5.89. The van der Waals surface area contributed by atoms with Gasteiger partial charge in [-0.25, -0.2) is 4.79 Å². The minimum Gasteiger partial charge on any atom is -0.341 e. The number of nitrogens with one attached hydrogen (secondary N) is 1. The lowest BCUT2D eigenvalue weighted by molar-refractivity contribution is -0.133. The highest BCUT2D eigenvalue weighted by Crippen LogP contribution is 2.12. The monoisotopic (exact) mass is 301 g/mol. The third kappa shape index (κ3) is 4.35. The van der Waals surface area contributed by atoms with E-state index in [0.717, 1.165) is 30.6 Å². The molecule has 0 bridgehead atoms. The molecule has 1 N–H and O–H groups in total. The second-order valence-corrected chi connectivity index (χ2v) is 5.52. The zero-order valence-electron chi connectivity index (χ0n) is 13.0. The SMILES string of the molecule is C=Cc1ccc(NC(=O)N(C)CCN2CCCCC2=O)cc1. The Kier molecular flexibility index (Phi) is 5.58. The summed E-state index contributed by atoms with van der Waals surface area (Å²) < 4.78 is 0. The normalized spacial score (nSPS) is 14.6. The fourth-order valence-electron chi connectivity index (χ4n) is 2.39. The van der Waals surface area contributed by atoms with Crippen molar-refractivity contribution in [3.05, 3.63) is 36.4 Å². The van der Waals surface area contributed by atoms with E-state index in [1.165, 1.54) is 0 Å². The number of nitrogens with zero attached hydrogens (tertiary/aromatic N) is 2. The number of benzene rings is 1. The summed E-state index contributed by atoms with van der Waals surface area (Å²) in [6.45, 7) is 5.63. The van der Waals surface area contributed by atoms with Crippen molar-refractivity contribution in [3.8, 4) is 0 Å². The Labute approximate surface area is 131 Å². The van der Waals surface area contributed by atoms with Gasteiger partial charge in [-0.15, -0.1) is 0 Å². The van der Waals surface area contributed by atoms with Crippen molar-refractivity contribution in [1.82, 2.24) is 9.80 Å². The van der Waals surface area contributed by atoms with Gasteiger partial charge in [0.15, 0.2) is 0 Å². The molecule has 0 saturated carbocycles. The van der Waals surface area contributed by atoms with Gasteiger partial charge in [0.05, 0.1) is 0 Å². The van der Waals surface area contributed by atoms with Crippen LogP contribution in [0.2, 0.25) is 0 Å². The maximum Gasteiger partial charge on any atom is 0.321 e. The number of hydrogen-bond acceptors (Lipinski definition) is 2. The second kappa shape index (κ2) is 7.64. The smallest absolute Gasteiger partial charge is 0.321 e. The summed E-state index contributed by atoms with van der Waals surface area (Å²) in [4.78, 5) is 27.3. The Morgan fingerprint density at radius 3 is 2.73 bits per heavy atom. The molecule has 0 spiro atoms. The zero-order valence-corrected chi connectivity index (χ0v) is 13.0. The minimum absolute atomic E-state index is 0.171. The Balaban J connectivity index is 1.80. The van der Waals surface area contributed by atoms with Crippen LogP contribution in [0, 0.1) is 0 Å². The molecular weight excluding hydrogens is 278 g/mol. The molecular formula is C17H23N3O2. The number of carbonyl (C=O) groups excluding carboxylic acids is 2. The van der Waals surface area contributed by atoms with Gasteiger partial charge >= 0.3 is 6.03 Å². The molecule has 5 nitrogen and oxygen atoms in total. The van der Waals surface area contributed by atoms with Crippen molar-refractivity contribution in [2.75, 3.05) is 32.0 Å². The first-order chi connectivity index (χ1) is 10.6. The van der Waals surface area contributed by atoms with Gasteiger partial charge in [-0.3, -0.25) is 4.79 Å². The maximum atomic E-state index is 12.1. The summed E-state index contributed by atoms with van der Waals surface area (Å²) in [5.41, 5.74) is 1.76. The topological polar surface area (TPSA) is 52.7 Å². The van der Waals surface area contributed by atoms with Gasteiger partial charge in [0, 0.05) is 38.8 Å². The number of hydrogen-bond donors (Lipinski definition) is 1. The van der Waals surface area contributed by atoms with Crippen LogP contribution >= 0.6 is 0 Å². The van der Waals surface area contributed by atoms with E-state index in [1.54, 1.807) is 18.0 Å². The van der Waals surface area contributed by atoms with E-state index >= 15 is 0 Å². The zero-order chi connectivity index (χ0) is 15.9. The van der Waals surface area contributed by atoms with Crippen molar-refractivity contribution in [2.24, 2.45) is 0 Å². The number of rotatable bonds is 5. The largest absolute Gasteiger partial charge is 0.341 e. The Bertz CT molecular complexity index is 539. The van der Waals surface area contributed by atoms with E-state index in [0.29, 0.717) is 19.5 Å². The summed E-state index contributed by atoms with van der Waals surface area (Å²) in [7, 11) is 1.74. The predicted octanol–water partition coefficient (Wildman–Crippen LogP) is 2.81. The van der Waals surface area contributed by atoms with E-state index in [-0.39, 0.29) is 11.9 Å². The van der Waals surface area contributed by atoms with Gasteiger partial charge in [-0.05, 0) is 30.5 Å². The van der Waals surface area contributed by atoms with Crippen LogP contribution < -0.4 is 5.32 Å². The first-order valence-electron chi connectivity index (χ1n) is 7.62. The lowest BCUT2D eigenvalue weighted by Crippen LogP contribution is -2.42. The first kappa shape index (κ1) is 16.1. The maximum absolute atomic E-state index is 12.1. The molecule has 22 heavy (non-hydrogen) atoms. The molecule has 0 atom stereocenters. The minimum atomic E-state index is -0.171. The van der Waals surface area contributed by atoms with Crippen molar-refractivity contribution >= 4 is 23.7 Å². The number of urea groups is 1. The van der Waals surface area contributed by atoms with E-state index in [2.05, 4.69) is 11.9 Å². The van der Waals surface area contributed by atoms with Gasteiger partial charge in [-0.1, -0.05) is 24.8 Å². The van der Waals surface area contributed by atoms with E-state index in [9.17, 15) is 9.59 Å². The number of carbonyl (C=O) groups is 2. The van der Waals surface area contributed by atoms with Gasteiger partial charge in [0.25, 0.3) is 0 Å². The van der Waals surface area contributed by atoms with Crippen LogP contribution in [0.25, 0.3) is 6.08 Å². The molecule has 1 aromatic rings. The molecule has 1 heterocycles. The van der Waals surface area contributed by atoms with Gasteiger partial charge < -0.3 is 15.1 Å². The van der Waals surface area contributed by atoms with Crippen LogP contribution in [0.3, 0.4) is 0 Å². The number of piperidine rings is 1. The van der Waals surface area contributed by atoms with Crippen LogP contribution in [0.15, 0.2) is 30.8 Å². The molecule has 0 unspecified atom stereocenters. The molecule has 1 aliphatic rings. The number of likely N-dealkylation sites (tertiary alicyclic amines) is 1. The molecule has 2 rings (SSSR count). The fourth-order valence-corrected chi connectivity index (χ4v) is 2.39. The standard InChI is InChI=1S/C17H23N3O2/c1-3-14-7-9-15(10-8-14)18-17(22)19(2)12-13-20-11-5-4-6-16(20)21/h3,7-10H,1,4-6,11-13H2,2H3,(H,18,22). The van der Waals surface area contributed by atoms with Crippen LogP contribution in [0.1, 0.15) is 24.8 Å². The second-order valence-electron chi connectivity index (χ2n) is 5.52. The lowest BCUT2D eigenvalue weighted by Gasteiger charge is -2.28. The van der Waals surface area contributed by atoms with Gasteiger partial charge in [0.2, 0.25) is 5.91 Å². The molecule has 1 saturated heterocycles. The lowest BCUT2D eigenvalue weighted by atomic mass is 10.1. The third-order valence-corrected chi connectivity index (χ3v) is 3.87. The van der Waals surface area contributed by atoms with Gasteiger partial charge in [-0.2, -0.15) is 0 Å². The molecule has 5 heteroatoms. The molecule has 1 aliphatic heterocycles. The van der Waals surface area contributed by atoms with E-state index in [1.807, 2.05) is 29.2 Å². The van der Waals surface area contributed by atoms with Gasteiger partial charge in [0.1, 0.15) is 0 Å². The van der Waals surface area contributed by atoms with Crippen LogP contribution in [-0.4, -0.2) is 48.4 Å². The predicted molar refractivity (Wildman–Crippen MR) is 88.6 cm³/mol. The average Bonchev–Trinajstić information content (AvgIpc) is 2.54. The Hall–Kier alpha value is -2.30. The average molecular weight is 301 g/mol. The third-order valence-electron chi connectivity index (χ3n) is 3.87. The van der Waals surface area contributed by atoms with Crippen molar-refractivity contribution in [1.29, 1.82) is 0 Å². The van der Waals surface area contributed by atoms with Crippen molar-refractivity contribution in [3.63, 3.8) is 0 Å². The highest BCUT2D eigenvalue weighted by atomic mass is 16.2. The summed E-state index contributed by atoms with van der Waals surface area (Å²) in [5, 5.41) is 2.84. The Morgan fingerprint density at radius 1 is 1.36 bits per heavy atom. The van der Waals surface area contributed by atoms with Crippen molar-refractivity contribution < 1.29 is 9.59 Å². The molecule has 118 valence electrons. The molecule has 3 amide bonds. The summed E-state index contributed by atoms with van der Waals surface area (Å²) in [5.74, 6) is 0.195. The van der Waals surface area contributed by atoms with Crippen LogP contribution in [0.4, 0.5) is 10.5 Å². The molecule has 0 aromatic heterocycles. The van der Waals surface area contributed by atoms with Crippen LogP contribution in [-0.2, 0) is 4.79 Å². The molecule has 1 fully saturated rings. The highest BCUT2D eigenvalue weighted by Gasteiger charge is 2.18. The molecule has 0 radical (unpaired) electrons. The van der Waals surface area contributed by atoms with E-state index in [4.69, 9.17) is 0 Å². The fraction of sp³-hybridized carbons (Fsp3) is 0.412. The number of anilines is 1. The summed E-state index contributed by atoms with van der Waals surface area (Å²) >= 11 is 0. The molecule has 0 aliphatic carbocycles. The quantitative estimate of drug-likeness (QED) is 0.909. The van der Waals surface area contributed by atoms with E-state index < -0.39 is 0 Å². The van der Waals surface area contributed by atoms with Crippen molar-refractivity contribution in [2.45, 2.75) is 19.3 Å².